The van der Waals surface area contributed by atoms with E-state index in [-0.39, 0.29) is 0 Å². The highest BCUT2D eigenvalue weighted by molar-refractivity contribution is 8.00. The normalized spacial score (nSPS) is 34.8. The number of rotatable bonds is 1. The standard InChI is InChI=1S/C4H5ClO3S/c5-2-1-9-4(8-2)3(6)7/h2,4H,1H2,(H,6,7)/t2?,4-/m1/s1. The van der Waals surface area contributed by atoms with E-state index < -0.39 is 17.0 Å². The third kappa shape index (κ3) is 1.74. The number of carbonyl (C=O) groups is 1. The first-order valence-electron chi connectivity index (χ1n) is 2.34. The lowest BCUT2D eigenvalue weighted by atomic mass is 10.7. The molecule has 1 saturated heterocycles. The Morgan fingerprint density at radius 3 is 2.78 bits per heavy atom. The van der Waals surface area contributed by atoms with Crippen LogP contribution in [0.1, 0.15) is 0 Å². The molecule has 0 radical (unpaired) electrons. The first-order chi connectivity index (χ1) is 4.20. The Hall–Kier alpha value is 0.0700. The third-order valence-corrected chi connectivity index (χ3v) is 2.40. The zero-order valence-electron chi connectivity index (χ0n) is 4.41. The Bertz CT molecular complexity index is 129. The Kier molecular flexibility index (Phi) is 2.21. The van der Waals surface area contributed by atoms with Crippen LogP contribution in [0.5, 0.6) is 0 Å². The van der Waals surface area contributed by atoms with E-state index in [4.69, 9.17) is 21.4 Å². The van der Waals surface area contributed by atoms with Gasteiger partial charge in [0.2, 0.25) is 5.44 Å². The fraction of sp³-hybridized carbons (Fsp3) is 0.750. The molecule has 1 N–H and O–H groups in total. The predicted molar refractivity (Wildman–Crippen MR) is 34.6 cm³/mol. The van der Waals surface area contributed by atoms with Gasteiger partial charge in [-0.15, -0.1) is 11.8 Å². The molecule has 3 nitrogen and oxygen atoms in total. The van der Waals surface area contributed by atoms with Crippen LogP contribution >= 0.6 is 23.4 Å². The number of carboxylic acid groups (broad SMARTS) is 1. The minimum absolute atomic E-state index is 0.434. The highest BCUT2D eigenvalue weighted by Crippen LogP contribution is 2.26. The molecule has 1 aliphatic heterocycles. The fourth-order valence-electron chi connectivity index (χ4n) is 0.505. The maximum atomic E-state index is 10.1. The zero-order chi connectivity index (χ0) is 6.85. The van der Waals surface area contributed by atoms with Crippen LogP contribution in [0.3, 0.4) is 0 Å². The summed E-state index contributed by atoms with van der Waals surface area (Å²) in [7, 11) is 0. The highest BCUT2D eigenvalue weighted by Gasteiger charge is 2.29. The molecule has 52 valence electrons. The summed E-state index contributed by atoms with van der Waals surface area (Å²) in [4.78, 5) is 10.1. The first-order valence-corrected chi connectivity index (χ1v) is 3.82. The second-order valence-electron chi connectivity index (χ2n) is 1.55. The van der Waals surface area contributed by atoms with Crippen molar-refractivity contribution >= 4 is 29.3 Å². The molecule has 0 bridgehead atoms. The van der Waals surface area contributed by atoms with Gasteiger partial charge in [-0.1, -0.05) is 11.6 Å². The number of halogens is 1. The minimum atomic E-state index is -0.955. The lowest BCUT2D eigenvalue weighted by Gasteiger charge is -2.00. The van der Waals surface area contributed by atoms with E-state index >= 15 is 0 Å². The summed E-state index contributed by atoms with van der Waals surface area (Å²) in [5.74, 6) is -0.401. The Morgan fingerprint density at radius 2 is 2.56 bits per heavy atom. The summed E-state index contributed by atoms with van der Waals surface area (Å²) in [5, 5.41) is 8.33. The SMILES string of the molecule is O=C(O)[C@@H]1OC(Cl)CS1. The van der Waals surface area contributed by atoms with Crippen LogP contribution in [0.2, 0.25) is 0 Å². The molecular formula is C4H5ClO3S. The van der Waals surface area contributed by atoms with E-state index in [0.717, 1.165) is 0 Å². The van der Waals surface area contributed by atoms with Crippen molar-refractivity contribution in [1.29, 1.82) is 0 Å². The molecular weight excluding hydrogens is 164 g/mol. The van der Waals surface area contributed by atoms with Crippen molar-refractivity contribution in [2.45, 2.75) is 11.0 Å². The molecule has 0 saturated carbocycles. The maximum Gasteiger partial charge on any atom is 0.343 e. The molecule has 0 spiro atoms. The smallest absolute Gasteiger partial charge is 0.343 e. The lowest BCUT2D eigenvalue weighted by molar-refractivity contribution is -0.144. The van der Waals surface area contributed by atoms with E-state index in [0.29, 0.717) is 5.75 Å². The average molecular weight is 169 g/mol. The molecule has 0 aromatic carbocycles. The molecule has 0 aromatic heterocycles. The van der Waals surface area contributed by atoms with E-state index in [2.05, 4.69) is 0 Å². The van der Waals surface area contributed by atoms with Gasteiger partial charge in [0.15, 0.2) is 0 Å². The number of alkyl halides is 1. The number of hydrogen-bond donors (Lipinski definition) is 1. The number of aliphatic carboxylic acids is 1. The maximum absolute atomic E-state index is 10.1. The van der Waals surface area contributed by atoms with E-state index in [9.17, 15) is 4.79 Å². The van der Waals surface area contributed by atoms with Crippen LogP contribution in [0, 0.1) is 0 Å². The van der Waals surface area contributed by atoms with Gasteiger partial charge in [0.25, 0.3) is 0 Å². The monoisotopic (exact) mass is 168 g/mol. The van der Waals surface area contributed by atoms with Crippen LogP contribution < -0.4 is 0 Å². The van der Waals surface area contributed by atoms with Crippen molar-refractivity contribution in [2.24, 2.45) is 0 Å². The number of ether oxygens (including phenoxy) is 1. The van der Waals surface area contributed by atoms with Gasteiger partial charge in [0, 0.05) is 5.75 Å². The summed E-state index contributed by atoms with van der Waals surface area (Å²) in [5.41, 5.74) is -1.19. The average Bonchev–Trinajstić information content (AvgIpc) is 2.14. The third-order valence-electron chi connectivity index (χ3n) is 0.852. The van der Waals surface area contributed by atoms with Gasteiger partial charge in [0.05, 0.1) is 0 Å². The van der Waals surface area contributed by atoms with Gasteiger partial charge in [-0.2, -0.15) is 0 Å². The van der Waals surface area contributed by atoms with E-state index in [1.165, 1.54) is 11.8 Å². The van der Waals surface area contributed by atoms with Crippen LogP contribution in [-0.2, 0) is 9.53 Å². The Morgan fingerprint density at radius 1 is 1.89 bits per heavy atom. The molecule has 0 aliphatic carbocycles. The molecule has 1 fully saturated rings. The van der Waals surface area contributed by atoms with Gasteiger partial charge in [-0.3, -0.25) is 0 Å². The summed E-state index contributed by atoms with van der Waals surface area (Å²) in [6, 6.07) is 0. The molecule has 0 amide bonds. The van der Waals surface area contributed by atoms with Crippen molar-refractivity contribution in [2.75, 3.05) is 5.75 Å². The fourth-order valence-corrected chi connectivity index (χ4v) is 1.65. The molecule has 1 aliphatic rings. The van der Waals surface area contributed by atoms with Crippen molar-refractivity contribution in [3.8, 4) is 0 Å². The largest absolute Gasteiger partial charge is 0.479 e. The van der Waals surface area contributed by atoms with E-state index in [1.54, 1.807) is 0 Å². The van der Waals surface area contributed by atoms with Crippen molar-refractivity contribution in [3.63, 3.8) is 0 Å². The summed E-state index contributed by atoms with van der Waals surface area (Å²) >= 11 is 6.65. The Labute approximate surface area is 61.3 Å². The number of thioether (sulfide) groups is 1. The second-order valence-corrected chi connectivity index (χ2v) is 3.13. The molecule has 0 aromatic rings. The predicted octanol–water partition coefficient (Wildman–Crippen LogP) is 0.725. The van der Waals surface area contributed by atoms with Gasteiger partial charge < -0.3 is 9.84 Å². The van der Waals surface area contributed by atoms with Crippen LogP contribution in [0.15, 0.2) is 0 Å². The summed E-state index contributed by atoms with van der Waals surface area (Å²) in [6.07, 6.45) is 0. The van der Waals surface area contributed by atoms with Crippen molar-refractivity contribution < 1.29 is 14.6 Å². The minimum Gasteiger partial charge on any atom is -0.479 e. The van der Waals surface area contributed by atoms with Crippen molar-refractivity contribution in [3.05, 3.63) is 0 Å². The van der Waals surface area contributed by atoms with Gasteiger partial charge in [-0.05, 0) is 0 Å². The Balaban J connectivity index is 2.39. The van der Waals surface area contributed by atoms with Crippen molar-refractivity contribution in [1.82, 2.24) is 0 Å². The summed E-state index contributed by atoms with van der Waals surface area (Å²) in [6.45, 7) is 0. The summed E-state index contributed by atoms with van der Waals surface area (Å²) < 4.78 is 4.75. The molecule has 9 heavy (non-hydrogen) atoms. The van der Waals surface area contributed by atoms with Gasteiger partial charge in [0.1, 0.15) is 5.56 Å². The molecule has 1 rings (SSSR count). The zero-order valence-corrected chi connectivity index (χ0v) is 5.98. The molecule has 1 unspecified atom stereocenters. The van der Waals surface area contributed by atoms with Crippen LogP contribution in [0.4, 0.5) is 0 Å². The number of hydrogen-bond acceptors (Lipinski definition) is 3. The molecule has 5 heteroatoms. The van der Waals surface area contributed by atoms with E-state index in [1.807, 2.05) is 0 Å². The number of carboxylic acids is 1. The topological polar surface area (TPSA) is 46.5 Å². The molecule has 1 heterocycles. The second kappa shape index (κ2) is 2.77. The molecule has 2 atom stereocenters. The first kappa shape index (κ1) is 7.18. The lowest BCUT2D eigenvalue weighted by Crippen LogP contribution is -2.16. The highest BCUT2D eigenvalue weighted by atomic mass is 35.5. The van der Waals surface area contributed by atoms with Crippen LogP contribution in [0.25, 0.3) is 0 Å². The quantitative estimate of drug-likeness (QED) is 0.587. The van der Waals surface area contributed by atoms with Crippen LogP contribution in [-0.4, -0.2) is 27.8 Å². The van der Waals surface area contributed by atoms with Gasteiger partial charge >= 0.3 is 5.97 Å². The van der Waals surface area contributed by atoms with Gasteiger partial charge in [-0.25, -0.2) is 4.79 Å².